The van der Waals surface area contributed by atoms with Crippen LogP contribution in [0.25, 0.3) is 0 Å². The van der Waals surface area contributed by atoms with Crippen molar-refractivity contribution in [2.75, 3.05) is 26.3 Å². The van der Waals surface area contributed by atoms with Crippen molar-refractivity contribution in [3.05, 3.63) is 11.6 Å². The minimum atomic E-state index is -0.223. The Labute approximate surface area is 232 Å². The van der Waals surface area contributed by atoms with E-state index in [1.54, 1.807) is 5.57 Å². The molecular weight excluding hydrogens is 470 g/mol. The lowest BCUT2D eigenvalue weighted by atomic mass is 9.33. The molecular formula is C34H55NO3. The van der Waals surface area contributed by atoms with Crippen molar-refractivity contribution in [1.29, 1.82) is 0 Å². The van der Waals surface area contributed by atoms with E-state index in [1.165, 1.54) is 12.8 Å². The molecule has 0 spiro atoms. The van der Waals surface area contributed by atoms with Gasteiger partial charge in [-0.15, -0.1) is 0 Å². The van der Waals surface area contributed by atoms with Crippen LogP contribution in [0.5, 0.6) is 0 Å². The second-order valence-electron chi connectivity index (χ2n) is 16.7. The number of aliphatic hydroxyl groups excluding tert-OH is 1. The number of morpholine rings is 1. The number of nitrogens with zero attached hydrogens (tertiary/aromatic N) is 1. The fraction of sp³-hybridized carbons (Fsp3) is 0.912. The van der Waals surface area contributed by atoms with Crippen LogP contribution in [0.2, 0.25) is 0 Å². The summed E-state index contributed by atoms with van der Waals surface area (Å²) in [6.07, 6.45) is 13.8. The smallest absolute Gasteiger partial charge is 0.229 e. The predicted molar refractivity (Wildman–Crippen MR) is 152 cm³/mol. The quantitative estimate of drug-likeness (QED) is 0.375. The van der Waals surface area contributed by atoms with Crippen molar-refractivity contribution in [3.63, 3.8) is 0 Å². The fourth-order valence-corrected chi connectivity index (χ4v) is 11.7. The van der Waals surface area contributed by atoms with Crippen molar-refractivity contribution in [1.82, 2.24) is 4.90 Å². The first-order valence-electron chi connectivity index (χ1n) is 16.0. The standard InChI is InChI=1S/C34H55NO3/c1-29(2)14-16-34(28(37)35-18-20-38-21-19-35)17-15-32(6)23(24(34)22-29)8-9-26-31(5)12-11-27(36)30(3,4)25(31)10-13-33(26,32)7/h8,24-27,36H,9-22H2,1-7H3/t24-,25-,26+,27-,31-,32+,33+,34-/m0/s1. The molecule has 0 aromatic rings. The number of ether oxygens (including phenoxy) is 1. The van der Waals surface area contributed by atoms with Gasteiger partial charge in [-0.2, -0.15) is 0 Å². The maximum absolute atomic E-state index is 14.4. The number of hydrogen-bond acceptors (Lipinski definition) is 3. The summed E-state index contributed by atoms with van der Waals surface area (Å²) in [5, 5.41) is 11.0. The van der Waals surface area contributed by atoms with Crippen molar-refractivity contribution in [2.24, 2.45) is 50.2 Å². The second-order valence-corrected chi connectivity index (χ2v) is 16.7. The van der Waals surface area contributed by atoms with Crippen LogP contribution in [-0.2, 0) is 9.53 Å². The highest BCUT2D eigenvalue weighted by Gasteiger charge is 2.69. The number of amides is 1. The van der Waals surface area contributed by atoms with Crippen LogP contribution < -0.4 is 0 Å². The summed E-state index contributed by atoms with van der Waals surface area (Å²) in [5.41, 5.74) is 2.37. The predicted octanol–water partition coefficient (Wildman–Crippen LogP) is 7.01. The lowest BCUT2D eigenvalue weighted by molar-refractivity contribution is -0.205. The minimum absolute atomic E-state index is 0.0150. The Morgan fingerprint density at radius 3 is 2.29 bits per heavy atom. The summed E-state index contributed by atoms with van der Waals surface area (Å²) in [6.45, 7) is 20.3. The molecule has 1 heterocycles. The molecule has 4 nitrogen and oxygen atoms in total. The third-order valence-electron chi connectivity index (χ3n) is 14.3. The molecule has 8 atom stereocenters. The molecule has 4 heteroatoms. The number of allylic oxidation sites excluding steroid dienone is 2. The monoisotopic (exact) mass is 525 g/mol. The van der Waals surface area contributed by atoms with Gasteiger partial charge in [-0.3, -0.25) is 4.79 Å². The summed E-state index contributed by atoms with van der Waals surface area (Å²) < 4.78 is 5.63. The number of rotatable bonds is 1. The van der Waals surface area contributed by atoms with Crippen LogP contribution in [0.4, 0.5) is 0 Å². The van der Waals surface area contributed by atoms with Gasteiger partial charge in [0.2, 0.25) is 5.91 Å². The van der Waals surface area contributed by atoms with Gasteiger partial charge in [0.15, 0.2) is 0 Å². The number of hydrogen-bond donors (Lipinski definition) is 1. The highest BCUT2D eigenvalue weighted by molar-refractivity contribution is 5.84. The molecule has 0 unspecified atom stereocenters. The minimum Gasteiger partial charge on any atom is -0.393 e. The Kier molecular flexibility index (Phi) is 6.16. The maximum atomic E-state index is 14.4. The molecule has 1 amide bonds. The van der Waals surface area contributed by atoms with E-state index in [-0.39, 0.29) is 38.6 Å². The molecule has 6 aliphatic rings. The first-order valence-corrected chi connectivity index (χ1v) is 16.0. The molecule has 0 radical (unpaired) electrons. The maximum Gasteiger partial charge on any atom is 0.229 e. The average molecular weight is 526 g/mol. The van der Waals surface area contributed by atoms with E-state index in [0.717, 1.165) is 64.5 Å². The molecule has 0 aromatic carbocycles. The molecule has 6 rings (SSSR count). The lowest BCUT2D eigenvalue weighted by Crippen LogP contribution is -2.65. The summed E-state index contributed by atoms with van der Waals surface area (Å²) in [4.78, 5) is 16.6. The van der Waals surface area contributed by atoms with Gasteiger partial charge in [0.05, 0.1) is 24.7 Å². The van der Waals surface area contributed by atoms with Gasteiger partial charge in [-0.05, 0) is 109 Å². The van der Waals surface area contributed by atoms with Gasteiger partial charge in [0.25, 0.3) is 0 Å². The van der Waals surface area contributed by atoms with E-state index >= 15 is 0 Å². The van der Waals surface area contributed by atoms with Crippen LogP contribution in [0.1, 0.15) is 113 Å². The molecule has 1 N–H and O–H groups in total. The second kappa shape index (κ2) is 8.57. The topological polar surface area (TPSA) is 49.8 Å². The van der Waals surface area contributed by atoms with Crippen LogP contribution in [0, 0.1) is 50.2 Å². The SMILES string of the molecule is CC1(C)CC[C@]2(C(=O)N3CCOCC3)CC[C@]3(C)C(=CC[C@@H]4[C@@]5(C)CC[C@H](O)C(C)(C)[C@@H]5CC[C@]43C)[C@@H]2C1. The van der Waals surface area contributed by atoms with Crippen molar-refractivity contribution >= 4 is 5.91 Å². The van der Waals surface area contributed by atoms with Crippen molar-refractivity contribution in [2.45, 2.75) is 119 Å². The van der Waals surface area contributed by atoms with Crippen LogP contribution in [0.3, 0.4) is 0 Å². The largest absolute Gasteiger partial charge is 0.393 e. The molecule has 38 heavy (non-hydrogen) atoms. The van der Waals surface area contributed by atoms with Crippen molar-refractivity contribution < 1.29 is 14.6 Å². The zero-order valence-corrected chi connectivity index (χ0v) is 25.5. The van der Waals surface area contributed by atoms with Gasteiger partial charge in [0, 0.05) is 13.1 Å². The average Bonchev–Trinajstić information content (AvgIpc) is 2.87. The summed E-state index contributed by atoms with van der Waals surface area (Å²) in [5.74, 6) is 2.03. The van der Waals surface area contributed by atoms with E-state index in [0.29, 0.717) is 36.9 Å². The molecule has 5 fully saturated rings. The first kappa shape index (κ1) is 27.3. The molecule has 0 aromatic heterocycles. The zero-order chi connectivity index (χ0) is 27.4. The van der Waals surface area contributed by atoms with Crippen LogP contribution in [0.15, 0.2) is 11.6 Å². The van der Waals surface area contributed by atoms with E-state index in [9.17, 15) is 9.90 Å². The third-order valence-corrected chi connectivity index (χ3v) is 14.3. The normalized spacial score (nSPS) is 49.6. The summed E-state index contributed by atoms with van der Waals surface area (Å²) >= 11 is 0. The van der Waals surface area contributed by atoms with E-state index < -0.39 is 0 Å². The zero-order valence-electron chi connectivity index (χ0n) is 25.5. The molecule has 214 valence electrons. The van der Waals surface area contributed by atoms with Crippen LogP contribution in [-0.4, -0.2) is 48.3 Å². The first-order chi connectivity index (χ1) is 17.7. The number of carbonyl (C=O) groups excluding carboxylic acids is 1. The Bertz CT molecular complexity index is 1010. The van der Waals surface area contributed by atoms with Gasteiger partial charge >= 0.3 is 0 Å². The lowest BCUT2D eigenvalue weighted by Gasteiger charge is -2.71. The highest BCUT2D eigenvalue weighted by atomic mass is 16.5. The molecule has 0 bridgehead atoms. The Morgan fingerprint density at radius 2 is 1.58 bits per heavy atom. The summed E-state index contributed by atoms with van der Waals surface area (Å²) in [7, 11) is 0. The van der Waals surface area contributed by atoms with Gasteiger partial charge in [-0.1, -0.05) is 60.1 Å². The molecule has 5 aliphatic carbocycles. The molecule has 4 saturated carbocycles. The third kappa shape index (κ3) is 3.50. The summed E-state index contributed by atoms with van der Waals surface area (Å²) in [6, 6.07) is 0. The Morgan fingerprint density at radius 1 is 0.895 bits per heavy atom. The van der Waals surface area contributed by atoms with Gasteiger partial charge < -0.3 is 14.7 Å². The molecule has 1 saturated heterocycles. The fourth-order valence-electron chi connectivity index (χ4n) is 11.7. The number of carbonyl (C=O) groups is 1. The number of fused-ring (bicyclic) bond motifs is 7. The van der Waals surface area contributed by atoms with Gasteiger partial charge in [-0.25, -0.2) is 0 Å². The van der Waals surface area contributed by atoms with Crippen LogP contribution >= 0.6 is 0 Å². The van der Waals surface area contributed by atoms with E-state index in [4.69, 9.17) is 4.74 Å². The molecule has 1 aliphatic heterocycles. The number of aliphatic hydroxyl groups is 1. The van der Waals surface area contributed by atoms with E-state index in [1.807, 2.05) is 0 Å². The van der Waals surface area contributed by atoms with E-state index in [2.05, 4.69) is 59.4 Å². The Hall–Kier alpha value is -0.870. The van der Waals surface area contributed by atoms with Gasteiger partial charge in [0.1, 0.15) is 0 Å². The highest BCUT2D eigenvalue weighted by Crippen LogP contribution is 2.75. The Balaban J connectivity index is 1.41. The van der Waals surface area contributed by atoms with Crippen molar-refractivity contribution in [3.8, 4) is 0 Å².